The van der Waals surface area contributed by atoms with E-state index in [1.54, 1.807) is 22.7 Å². The second kappa shape index (κ2) is 7.13. The Morgan fingerprint density at radius 2 is 1.88 bits per heavy atom. The van der Waals surface area contributed by atoms with E-state index in [1.165, 1.54) is 6.26 Å². The quantitative estimate of drug-likeness (QED) is 0.808. The van der Waals surface area contributed by atoms with E-state index >= 15 is 0 Å². The molecule has 3 heterocycles. The highest BCUT2D eigenvalue weighted by Crippen LogP contribution is 2.24. The molecule has 0 saturated carbocycles. The third-order valence-corrected chi connectivity index (χ3v) is 5.72. The average molecular weight is 364 g/mol. The smallest absolute Gasteiger partial charge is 0.225 e. The normalized spacial score (nSPS) is 16.6. The first-order valence-corrected chi connectivity index (χ1v) is 10.2. The topological polar surface area (TPSA) is 79.5 Å². The summed E-state index contributed by atoms with van der Waals surface area (Å²) in [6.07, 6.45) is 4.30. The highest BCUT2D eigenvalue weighted by atomic mass is 32.2. The number of anilines is 1. The monoisotopic (exact) mass is 364 g/mol. The fourth-order valence-corrected chi connectivity index (χ4v) is 4.39. The van der Waals surface area contributed by atoms with Crippen LogP contribution in [0.25, 0.3) is 0 Å². The molecule has 0 amide bonds. The standard InChI is InChI=1S/C17H24N4O3S/c1-13-11-14(2)19-17(18-13)20-8-6-15(7-9-20)21(25(3,22)23)12-16-5-4-10-24-16/h4-5,10-11,15H,6-9,12H2,1-3H3. The minimum atomic E-state index is -3.31. The van der Waals surface area contributed by atoms with Gasteiger partial charge in [-0.3, -0.25) is 0 Å². The van der Waals surface area contributed by atoms with E-state index in [-0.39, 0.29) is 12.6 Å². The van der Waals surface area contributed by atoms with Gasteiger partial charge in [-0.25, -0.2) is 18.4 Å². The number of piperidine rings is 1. The van der Waals surface area contributed by atoms with Crippen molar-refractivity contribution >= 4 is 16.0 Å². The van der Waals surface area contributed by atoms with E-state index in [0.29, 0.717) is 5.76 Å². The molecule has 8 heteroatoms. The van der Waals surface area contributed by atoms with E-state index in [0.717, 1.165) is 43.3 Å². The maximum Gasteiger partial charge on any atom is 0.225 e. The summed E-state index contributed by atoms with van der Waals surface area (Å²) in [6, 6.07) is 5.49. The summed E-state index contributed by atoms with van der Waals surface area (Å²) in [4.78, 5) is 11.1. The highest BCUT2D eigenvalue weighted by molar-refractivity contribution is 7.88. The van der Waals surface area contributed by atoms with Crippen LogP contribution in [0.15, 0.2) is 28.9 Å². The number of sulfonamides is 1. The van der Waals surface area contributed by atoms with Crippen molar-refractivity contribution in [1.82, 2.24) is 14.3 Å². The molecule has 25 heavy (non-hydrogen) atoms. The number of hydrogen-bond acceptors (Lipinski definition) is 6. The van der Waals surface area contributed by atoms with Crippen molar-refractivity contribution in [1.29, 1.82) is 0 Å². The molecule has 2 aromatic rings. The van der Waals surface area contributed by atoms with Crippen molar-refractivity contribution in [3.05, 3.63) is 41.6 Å². The molecule has 3 rings (SSSR count). The number of hydrogen-bond donors (Lipinski definition) is 0. The van der Waals surface area contributed by atoms with Crippen molar-refractivity contribution < 1.29 is 12.8 Å². The second-order valence-electron chi connectivity index (χ2n) is 6.56. The molecule has 1 saturated heterocycles. The van der Waals surface area contributed by atoms with Crippen molar-refractivity contribution in [2.75, 3.05) is 24.2 Å². The van der Waals surface area contributed by atoms with Gasteiger partial charge in [0.1, 0.15) is 5.76 Å². The Morgan fingerprint density at radius 3 is 2.40 bits per heavy atom. The Labute approximate surface area is 148 Å². The van der Waals surface area contributed by atoms with Crippen LogP contribution in [0.5, 0.6) is 0 Å². The first kappa shape index (κ1) is 17.9. The summed E-state index contributed by atoms with van der Waals surface area (Å²) in [5.74, 6) is 1.39. The van der Waals surface area contributed by atoms with Gasteiger partial charge in [0.15, 0.2) is 0 Å². The Kier molecular flexibility index (Phi) is 5.10. The summed E-state index contributed by atoms with van der Waals surface area (Å²) >= 11 is 0. The van der Waals surface area contributed by atoms with Gasteiger partial charge in [-0.05, 0) is 44.9 Å². The molecule has 0 aromatic carbocycles. The van der Waals surface area contributed by atoms with Crippen molar-refractivity contribution in [2.45, 2.75) is 39.3 Å². The van der Waals surface area contributed by atoms with Gasteiger partial charge in [-0.15, -0.1) is 0 Å². The summed E-state index contributed by atoms with van der Waals surface area (Å²) < 4.78 is 31.4. The van der Waals surface area contributed by atoms with Gasteiger partial charge in [-0.2, -0.15) is 4.31 Å². The van der Waals surface area contributed by atoms with Gasteiger partial charge in [0.05, 0.1) is 19.1 Å². The molecule has 1 fully saturated rings. The van der Waals surface area contributed by atoms with Crippen LogP contribution in [0.3, 0.4) is 0 Å². The van der Waals surface area contributed by atoms with Crippen LogP contribution in [0.4, 0.5) is 5.95 Å². The van der Waals surface area contributed by atoms with Gasteiger partial charge in [-0.1, -0.05) is 0 Å². The molecule has 7 nitrogen and oxygen atoms in total. The largest absolute Gasteiger partial charge is 0.468 e. The molecule has 1 aliphatic rings. The molecule has 0 atom stereocenters. The lowest BCUT2D eigenvalue weighted by atomic mass is 10.1. The minimum absolute atomic E-state index is 0.0396. The maximum atomic E-state index is 12.2. The van der Waals surface area contributed by atoms with Crippen molar-refractivity contribution in [3.8, 4) is 0 Å². The van der Waals surface area contributed by atoms with Gasteiger partial charge >= 0.3 is 0 Å². The highest BCUT2D eigenvalue weighted by Gasteiger charge is 2.31. The third kappa shape index (κ3) is 4.38. The van der Waals surface area contributed by atoms with Gasteiger partial charge in [0.25, 0.3) is 0 Å². The first-order valence-electron chi connectivity index (χ1n) is 8.39. The fraction of sp³-hybridized carbons (Fsp3) is 0.529. The zero-order valence-electron chi connectivity index (χ0n) is 14.8. The van der Waals surface area contributed by atoms with E-state index < -0.39 is 10.0 Å². The van der Waals surface area contributed by atoms with Crippen LogP contribution < -0.4 is 4.90 Å². The van der Waals surface area contributed by atoms with Crippen molar-refractivity contribution in [3.63, 3.8) is 0 Å². The van der Waals surface area contributed by atoms with E-state index in [1.807, 2.05) is 19.9 Å². The molecule has 0 N–H and O–H groups in total. The van der Waals surface area contributed by atoms with Crippen molar-refractivity contribution in [2.24, 2.45) is 0 Å². The number of rotatable bonds is 5. The molecule has 0 bridgehead atoms. The SMILES string of the molecule is Cc1cc(C)nc(N2CCC(N(Cc3ccco3)S(C)(=O)=O)CC2)n1. The van der Waals surface area contributed by atoms with Gasteiger partial charge < -0.3 is 9.32 Å². The van der Waals surface area contributed by atoms with Crippen LogP contribution in [-0.2, 0) is 16.6 Å². The zero-order chi connectivity index (χ0) is 18.0. The molecule has 0 radical (unpaired) electrons. The number of furan rings is 1. The summed E-state index contributed by atoms with van der Waals surface area (Å²) in [5.41, 5.74) is 1.89. The van der Waals surface area contributed by atoms with Crippen LogP contribution in [-0.4, -0.2) is 48.1 Å². The fourth-order valence-electron chi connectivity index (χ4n) is 3.28. The summed E-state index contributed by atoms with van der Waals surface area (Å²) in [6.45, 7) is 5.66. The predicted octanol–water partition coefficient (Wildman–Crippen LogP) is 2.12. The summed E-state index contributed by atoms with van der Waals surface area (Å²) in [7, 11) is -3.31. The number of aromatic nitrogens is 2. The Bertz CT molecular complexity index is 792. The Balaban J connectivity index is 1.70. The Hall–Kier alpha value is -1.93. The molecular formula is C17H24N4O3S. The zero-order valence-corrected chi connectivity index (χ0v) is 15.7. The van der Waals surface area contributed by atoms with E-state index in [4.69, 9.17) is 4.42 Å². The molecule has 136 valence electrons. The van der Waals surface area contributed by atoms with E-state index in [2.05, 4.69) is 14.9 Å². The van der Waals surface area contributed by atoms with E-state index in [9.17, 15) is 8.42 Å². The molecule has 2 aromatic heterocycles. The minimum Gasteiger partial charge on any atom is -0.468 e. The maximum absolute atomic E-state index is 12.2. The van der Waals surface area contributed by atoms with Crippen LogP contribution >= 0.6 is 0 Å². The van der Waals surface area contributed by atoms with Gasteiger partial charge in [0, 0.05) is 30.5 Å². The molecular weight excluding hydrogens is 340 g/mol. The lowest BCUT2D eigenvalue weighted by Crippen LogP contribution is -2.47. The molecule has 0 aliphatic carbocycles. The molecule has 1 aliphatic heterocycles. The number of aryl methyl sites for hydroxylation is 2. The van der Waals surface area contributed by atoms with Crippen LogP contribution in [0.1, 0.15) is 30.0 Å². The van der Waals surface area contributed by atoms with Crippen LogP contribution in [0.2, 0.25) is 0 Å². The van der Waals surface area contributed by atoms with Gasteiger partial charge in [0.2, 0.25) is 16.0 Å². The predicted molar refractivity (Wildman–Crippen MR) is 95.8 cm³/mol. The molecule has 0 unspecified atom stereocenters. The lowest BCUT2D eigenvalue weighted by molar-refractivity contribution is 0.253. The first-order chi connectivity index (χ1) is 11.8. The Morgan fingerprint density at radius 1 is 1.24 bits per heavy atom. The summed E-state index contributed by atoms with van der Waals surface area (Å²) in [5, 5.41) is 0. The van der Waals surface area contributed by atoms with Crippen LogP contribution in [0, 0.1) is 13.8 Å². The number of nitrogens with zero attached hydrogens (tertiary/aromatic N) is 4. The molecule has 0 spiro atoms. The second-order valence-corrected chi connectivity index (χ2v) is 8.49. The lowest BCUT2D eigenvalue weighted by Gasteiger charge is -2.37. The average Bonchev–Trinajstić information content (AvgIpc) is 3.04. The third-order valence-electron chi connectivity index (χ3n) is 4.44.